The number of hydrogen-bond donors (Lipinski definition) is 0. The smallest absolute Gasteiger partial charge is 0.247 e. The third kappa shape index (κ3) is 6.52. The number of hydrogen-bond acceptors (Lipinski definition) is 5. The molecule has 0 saturated carbocycles. The number of amides is 2. The van der Waals surface area contributed by atoms with Crippen LogP contribution in [0.4, 0.5) is 0 Å². The number of fused-ring (bicyclic) bond motifs is 1. The molecular formula is C35H35N7O2. The van der Waals surface area contributed by atoms with Gasteiger partial charge in [-0.3, -0.25) is 14.3 Å². The van der Waals surface area contributed by atoms with Crippen molar-refractivity contribution in [1.82, 2.24) is 34.6 Å². The molecule has 0 saturated heterocycles. The maximum atomic E-state index is 14.5. The summed E-state index contributed by atoms with van der Waals surface area (Å²) in [5.41, 5.74) is 6.86. The summed E-state index contributed by atoms with van der Waals surface area (Å²) in [4.78, 5) is 32.2. The van der Waals surface area contributed by atoms with Crippen molar-refractivity contribution < 1.29 is 9.59 Å². The van der Waals surface area contributed by atoms with Gasteiger partial charge in [0.2, 0.25) is 11.8 Å². The molecule has 222 valence electrons. The summed E-state index contributed by atoms with van der Waals surface area (Å²) in [5, 5.41) is 12.4. The minimum atomic E-state index is -0.705. The third-order valence-corrected chi connectivity index (χ3v) is 8.07. The van der Waals surface area contributed by atoms with Gasteiger partial charge in [-0.2, -0.15) is 5.10 Å². The predicted octanol–water partition coefficient (Wildman–Crippen LogP) is 4.55. The molecule has 9 heteroatoms. The molecule has 1 atom stereocenters. The molecule has 2 amide bonds. The first-order valence-corrected chi connectivity index (χ1v) is 14.8. The Kier molecular flexibility index (Phi) is 8.45. The van der Waals surface area contributed by atoms with E-state index >= 15 is 0 Å². The molecule has 9 nitrogen and oxygen atoms in total. The molecule has 44 heavy (non-hydrogen) atoms. The molecule has 2 aromatic heterocycles. The number of rotatable bonds is 9. The van der Waals surface area contributed by atoms with E-state index in [4.69, 9.17) is 0 Å². The van der Waals surface area contributed by atoms with Gasteiger partial charge in [0, 0.05) is 39.2 Å². The van der Waals surface area contributed by atoms with E-state index in [-0.39, 0.29) is 18.4 Å². The number of benzene rings is 3. The molecule has 5 aromatic rings. The SMILES string of the molecule is Cc1cc(C=CC(=O)N(Cc2ccc(-n3ccnn3)cc2)C(Cc2ccccc2)C(=O)N2CCc3ccccc3C2)n(C)n1. The van der Waals surface area contributed by atoms with E-state index < -0.39 is 6.04 Å². The summed E-state index contributed by atoms with van der Waals surface area (Å²) < 4.78 is 3.42. The molecule has 1 aliphatic rings. The number of aryl methyl sites for hydroxylation is 2. The van der Waals surface area contributed by atoms with Crippen molar-refractivity contribution in [2.24, 2.45) is 7.05 Å². The monoisotopic (exact) mass is 585 g/mol. The molecule has 0 spiro atoms. The molecule has 6 rings (SSSR count). The number of carbonyl (C=O) groups is 2. The lowest BCUT2D eigenvalue weighted by atomic mass is 9.97. The Morgan fingerprint density at radius 3 is 2.41 bits per heavy atom. The Hall–Kier alpha value is -5.31. The van der Waals surface area contributed by atoms with Crippen LogP contribution in [0.3, 0.4) is 0 Å². The van der Waals surface area contributed by atoms with Gasteiger partial charge in [-0.1, -0.05) is 71.9 Å². The summed E-state index contributed by atoms with van der Waals surface area (Å²) in [6.45, 7) is 3.32. The molecule has 0 N–H and O–H groups in total. The average Bonchev–Trinajstić information content (AvgIpc) is 3.71. The molecule has 3 heterocycles. The lowest BCUT2D eigenvalue weighted by Gasteiger charge is -2.37. The normalized spacial score (nSPS) is 13.5. The van der Waals surface area contributed by atoms with Crippen molar-refractivity contribution in [2.75, 3.05) is 6.54 Å². The Balaban J connectivity index is 1.35. The molecule has 0 aliphatic carbocycles. The zero-order valence-electron chi connectivity index (χ0n) is 25.0. The highest BCUT2D eigenvalue weighted by Crippen LogP contribution is 2.23. The summed E-state index contributed by atoms with van der Waals surface area (Å²) in [7, 11) is 1.85. The van der Waals surface area contributed by atoms with Crippen molar-refractivity contribution in [2.45, 2.75) is 38.9 Å². The van der Waals surface area contributed by atoms with Crippen molar-refractivity contribution in [3.8, 4) is 5.69 Å². The largest absolute Gasteiger partial charge is 0.336 e. The van der Waals surface area contributed by atoms with Gasteiger partial charge in [-0.15, -0.1) is 5.10 Å². The summed E-state index contributed by atoms with van der Waals surface area (Å²) in [5.74, 6) is -0.295. The maximum absolute atomic E-state index is 14.5. The molecule has 0 fully saturated rings. The summed E-state index contributed by atoms with van der Waals surface area (Å²) >= 11 is 0. The van der Waals surface area contributed by atoms with E-state index in [1.807, 2.05) is 91.7 Å². The van der Waals surface area contributed by atoms with Crippen molar-refractivity contribution >= 4 is 17.9 Å². The second kappa shape index (κ2) is 12.9. The molecule has 0 bridgehead atoms. The van der Waals surface area contributed by atoms with Gasteiger partial charge in [0.05, 0.1) is 29.5 Å². The van der Waals surface area contributed by atoms with Crippen LogP contribution < -0.4 is 0 Å². The first-order valence-electron chi connectivity index (χ1n) is 14.8. The topological polar surface area (TPSA) is 89.1 Å². The van der Waals surface area contributed by atoms with E-state index in [0.29, 0.717) is 19.5 Å². The van der Waals surface area contributed by atoms with E-state index in [1.165, 1.54) is 5.56 Å². The average molecular weight is 586 g/mol. The van der Waals surface area contributed by atoms with Crippen LogP contribution in [0.15, 0.2) is 103 Å². The second-order valence-electron chi connectivity index (χ2n) is 11.1. The Morgan fingerprint density at radius 1 is 0.955 bits per heavy atom. The quantitative estimate of drug-likeness (QED) is 0.237. The zero-order valence-corrected chi connectivity index (χ0v) is 25.0. The highest BCUT2D eigenvalue weighted by atomic mass is 16.2. The van der Waals surface area contributed by atoms with Gasteiger partial charge in [0.25, 0.3) is 0 Å². The van der Waals surface area contributed by atoms with Crippen LogP contribution in [0.25, 0.3) is 11.8 Å². The van der Waals surface area contributed by atoms with E-state index in [0.717, 1.165) is 40.2 Å². The van der Waals surface area contributed by atoms with Crippen molar-refractivity contribution in [3.05, 3.63) is 137 Å². The van der Waals surface area contributed by atoms with Crippen LogP contribution in [-0.2, 0) is 42.6 Å². The standard InChI is InChI=1S/C35H35N7O2/c1-26-22-32(39(2)37-26)16-17-34(43)41(24-28-12-14-31(15-13-28)42-21-19-36-38-42)33(23-27-8-4-3-5-9-27)35(44)40-20-18-29-10-6-7-11-30(29)25-40/h3-17,19,21-22,33H,18,20,23-25H2,1-2H3. The lowest BCUT2D eigenvalue weighted by molar-refractivity contribution is -0.144. The fourth-order valence-electron chi connectivity index (χ4n) is 5.74. The fraction of sp³-hybridized carbons (Fsp3) is 0.229. The summed E-state index contributed by atoms with van der Waals surface area (Å²) in [6, 6.07) is 27.2. The van der Waals surface area contributed by atoms with Gasteiger partial charge >= 0.3 is 0 Å². The molecule has 1 unspecified atom stereocenters. The van der Waals surface area contributed by atoms with E-state index in [9.17, 15) is 9.59 Å². The Morgan fingerprint density at radius 2 is 1.70 bits per heavy atom. The Bertz CT molecular complexity index is 1760. The Labute approximate surface area is 257 Å². The number of nitrogens with zero attached hydrogens (tertiary/aromatic N) is 7. The van der Waals surface area contributed by atoms with E-state index in [2.05, 4.69) is 27.5 Å². The molecule has 0 radical (unpaired) electrons. The predicted molar refractivity (Wildman–Crippen MR) is 168 cm³/mol. The minimum absolute atomic E-state index is 0.0549. The van der Waals surface area contributed by atoms with Gasteiger partial charge < -0.3 is 9.80 Å². The van der Waals surface area contributed by atoms with Gasteiger partial charge in [-0.05, 0) is 59.9 Å². The minimum Gasteiger partial charge on any atom is -0.336 e. The highest BCUT2D eigenvalue weighted by molar-refractivity contribution is 5.95. The first-order chi connectivity index (χ1) is 21.4. The van der Waals surface area contributed by atoms with Gasteiger partial charge in [0.15, 0.2) is 0 Å². The van der Waals surface area contributed by atoms with Crippen LogP contribution in [-0.4, -0.2) is 59.0 Å². The third-order valence-electron chi connectivity index (χ3n) is 8.07. The van der Waals surface area contributed by atoms with Crippen LogP contribution in [0, 0.1) is 6.92 Å². The first kappa shape index (κ1) is 28.8. The maximum Gasteiger partial charge on any atom is 0.247 e. The van der Waals surface area contributed by atoms with Crippen LogP contribution >= 0.6 is 0 Å². The molecule has 1 aliphatic heterocycles. The number of carbonyl (C=O) groups excluding carboxylic acids is 2. The summed E-state index contributed by atoms with van der Waals surface area (Å²) in [6.07, 6.45) is 7.92. The van der Waals surface area contributed by atoms with Crippen LogP contribution in [0.1, 0.15) is 33.6 Å². The fourth-order valence-corrected chi connectivity index (χ4v) is 5.74. The number of aromatic nitrogens is 5. The molecular weight excluding hydrogens is 550 g/mol. The van der Waals surface area contributed by atoms with Crippen molar-refractivity contribution in [1.29, 1.82) is 0 Å². The van der Waals surface area contributed by atoms with E-state index in [1.54, 1.807) is 38.8 Å². The van der Waals surface area contributed by atoms with Crippen molar-refractivity contribution in [3.63, 3.8) is 0 Å². The van der Waals surface area contributed by atoms with Gasteiger partial charge in [0.1, 0.15) is 6.04 Å². The zero-order chi connectivity index (χ0) is 30.5. The molecule has 3 aromatic carbocycles. The van der Waals surface area contributed by atoms with Gasteiger partial charge in [-0.25, -0.2) is 4.68 Å². The lowest BCUT2D eigenvalue weighted by Crippen LogP contribution is -2.52. The van der Waals surface area contributed by atoms with Crippen LogP contribution in [0.2, 0.25) is 0 Å². The highest BCUT2D eigenvalue weighted by Gasteiger charge is 2.34. The second-order valence-corrected chi connectivity index (χ2v) is 11.1. The van der Waals surface area contributed by atoms with Crippen LogP contribution in [0.5, 0.6) is 0 Å².